The molecule has 0 aliphatic heterocycles. The van der Waals surface area contributed by atoms with Gasteiger partial charge in [0, 0.05) is 18.0 Å². The van der Waals surface area contributed by atoms with E-state index in [9.17, 15) is 13.6 Å². The Morgan fingerprint density at radius 3 is 2.70 bits per heavy atom. The maximum atomic E-state index is 13.9. The first-order chi connectivity index (χ1) is 16.0. The van der Waals surface area contributed by atoms with Crippen LogP contribution in [0.3, 0.4) is 0 Å². The van der Waals surface area contributed by atoms with E-state index in [0.29, 0.717) is 35.9 Å². The molecule has 8 heteroatoms. The predicted molar refractivity (Wildman–Crippen MR) is 127 cm³/mol. The van der Waals surface area contributed by atoms with Crippen LogP contribution in [0.5, 0.6) is 0 Å². The number of esters is 1. The number of hydrogen-bond acceptors (Lipinski definition) is 5. The number of nitrogens with zero attached hydrogens (tertiary/aromatic N) is 3. The van der Waals surface area contributed by atoms with E-state index < -0.39 is 12.3 Å². The second-order valence-electron chi connectivity index (χ2n) is 9.51. The molecule has 0 aromatic carbocycles. The van der Waals surface area contributed by atoms with Crippen LogP contribution in [0.15, 0.2) is 17.6 Å². The lowest BCUT2D eigenvalue weighted by Gasteiger charge is -2.14. The molecule has 1 unspecified atom stereocenters. The summed E-state index contributed by atoms with van der Waals surface area (Å²) in [7, 11) is 0. The van der Waals surface area contributed by atoms with E-state index >= 15 is 0 Å². The zero-order chi connectivity index (χ0) is 23.4. The van der Waals surface area contributed by atoms with E-state index in [4.69, 9.17) is 9.72 Å². The highest BCUT2D eigenvalue weighted by Crippen LogP contribution is 2.44. The van der Waals surface area contributed by atoms with Gasteiger partial charge >= 0.3 is 5.97 Å². The number of ether oxygens (including phenoxy) is 1. The molecule has 5 nitrogen and oxygen atoms in total. The molecule has 0 amide bonds. The average Bonchev–Trinajstić information content (AvgIpc) is 3.51. The number of fused-ring (bicyclic) bond motifs is 1. The van der Waals surface area contributed by atoms with Gasteiger partial charge in [-0.1, -0.05) is 44.9 Å². The molecule has 2 aliphatic rings. The molecular weight excluding hydrogens is 444 g/mol. The minimum absolute atomic E-state index is 0.153. The Labute approximate surface area is 199 Å². The second kappa shape index (κ2) is 11.2. The van der Waals surface area contributed by atoms with Gasteiger partial charge in [0.25, 0.3) is 0 Å². The fourth-order valence-corrected chi connectivity index (χ4v) is 5.39. The quantitative estimate of drug-likeness (QED) is 0.196. The van der Waals surface area contributed by atoms with Crippen LogP contribution in [0.4, 0.5) is 8.78 Å². The summed E-state index contributed by atoms with van der Waals surface area (Å²) >= 11 is 1.42. The van der Waals surface area contributed by atoms with Crippen molar-refractivity contribution < 1.29 is 18.3 Å². The minimum Gasteiger partial charge on any atom is -0.465 e. The van der Waals surface area contributed by atoms with Crippen LogP contribution in [-0.4, -0.2) is 45.2 Å². The topological polar surface area (TPSA) is 57.0 Å². The van der Waals surface area contributed by atoms with E-state index in [1.807, 2.05) is 12.4 Å². The number of carbonyl (C=O) groups excluding carboxylic acids is 1. The number of unbranched alkanes of at least 4 members (excludes halogenated alkanes) is 1. The number of thioether (sulfide) groups is 1. The van der Waals surface area contributed by atoms with Crippen molar-refractivity contribution in [3.8, 4) is 0 Å². The molecule has 2 heterocycles. The summed E-state index contributed by atoms with van der Waals surface area (Å²) in [6, 6.07) is 0.436. The Hall–Kier alpha value is -1.70. The molecule has 0 spiro atoms. The summed E-state index contributed by atoms with van der Waals surface area (Å²) in [5.74, 6) is 0.634. The van der Waals surface area contributed by atoms with Gasteiger partial charge in [0.2, 0.25) is 0 Å². The first-order valence-corrected chi connectivity index (χ1v) is 13.4. The number of hydrogen-bond donors (Lipinski definition) is 0. The number of halogens is 2. The van der Waals surface area contributed by atoms with Gasteiger partial charge in [0.05, 0.1) is 30.3 Å². The minimum atomic E-state index is -1.40. The van der Waals surface area contributed by atoms with Crippen molar-refractivity contribution in [1.82, 2.24) is 14.5 Å². The molecule has 0 radical (unpaired) electrons. The largest absolute Gasteiger partial charge is 0.465 e. The third kappa shape index (κ3) is 6.06. The maximum absolute atomic E-state index is 13.9. The summed E-state index contributed by atoms with van der Waals surface area (Å²) in [4.78, 5) is 21.4. The monoisotopic (exact) mass is 479 g/mol. The lowest BCUT2D eigenvalue weighted by atomic mass is 9.99. The molecule has 0 N–H and O–H groups in total. The van der Waals surface area contributed by atoms with E-state index in [1.165, 1.54) is 11.8 Å². The molecule has 2 fully saturated rings. The maximum Gasteiger partial charge on any atom is 0.306 e. The fourth-order valence-electron chi connectivity index (χ4n) is 4.66. The molecule has 2 aromatic heterocycles. The summed E-state index contributed by atoms with van der Waals surface area (Å²) in [5.41, 5.74) is 2.67. The van der Waals surface area contributed by atoms with Crippen LogP contribution in [0.2, 0.25) is 0 Å². The van der Waals surface area contributed by atoms with Crippen molar-refractivity contribution in [2.45, 2.75) is 101 Å². The third-order valence-electron chi connectivity index (χ3n) is 6.93. The Morgan fingerprint density at radius 2 is 2.03 bits per heavy atom. The number of rotatable bonds is 12. The molecule has 2 aliphatic carbocycles. The molecule has 3 atom stereocenters. The SMILES string of the molecule is CCCCC(CC)COC(=O)CCSc1ncc2c(n1)c(C1C[C@@H](F)[C@H](F)C1)cn2C1CC1. The van der Waals surface area contributed by atoms with Crippen molar-refractivity contribution in [3.05, 3.63) is 18.0 Å². The molecule has 0 bridgehead atoms. The van der Waals surface area contributed by atoms with Crippen molar-refractivity contribution in [2.75, 3.05) is 12.4 Å². The molecular formula is C25H35F2N3O2S. The Kier molecular flexibility index (Phi) is 8.25. The van der Waals surface area contributed by atoms with Gasteiger partial charge in [-0.15, -0.1) is 0 Å². The van der Waals surface area contributed by atoms with Gasteiger partial charge in [-0.25, -0.2) is 18.7 Å². The van der Waals surface area contributed by atoms with Gasteiger partial charge in [0.1, 0.15) is 12.3 Å². The van der Waals surface area contributed by atoms with Gasteiger partial charge in [0.15, 0.2) is 5.16 Å². The summed E-state index contributed by atoms with van der Waals surface area (Å²) in [6.45, 7) is 4.80. The van der Waals surface area contributed by atoms with E-state index in [2.05, 4.69) is 23.4 Å². The number of alkyl halides is 2. The molecule has 4 rings (SSSR count). The second-order valence-corrected chi connectivity index (χ2v) is 10.6. The van der Waals surface area contributed by atoms with E-state index in [-0.39, 0.29) is 24.7 Å². The highest BCUT2D eigenvalue weighted by atomic mass is 32.2. The predicted octanol–water partition coefficient (Wildman–Crippen LogP) is 6.56. The van der Waals surface area contributed by atoms with Crippen molar-refractivity contribution in [3.63, 3.8) is 0 Å². The van der Waals surface area contributed by atoms with E-state index in [1.54, 1.807) is 0 Å². The highest BCUT2D eigenvalue weighted by molar-refractivity contribution is 7.99. The van der Waals surface area contributed by atoms with Crippen LogP contribution in [0.1, 0.15) is 89.2 Å². The molecule has 33 heavy (non-hydrogen) atoms. The molecule has 2 aromatic rings. The Balaban J connectivity index is 1.37. The van der Waals surface area contributed by atoms with Gasteiger partial charge in [-0.2, -0.15) is 0 Å². The molecule has 0 saturated heterocycles. The number of aromatic nitrogens is 3. The van der Waals surface area contributed by atoms with Gasteiger partial charge in [-0.3, -0.25) is 4.79 Å². The Bertz CT molecular complexity index is 939. The van der Waals surface area contributed by atoms with E-state index in [0.717, 1.165) is 55.1 Å². The van der Waals surface area contributed by atoms with Crippen LogP contribution in [0, 0.1) is 5.92 Å². The summed E-state index contributed by atoms with van der Waals surface area (Å²) in [6.07, 6.45) is 8.45. The lowest BCUT2D eigenvalue weighted by molar-refractivity contribution is -0.144. The average molecular weight is 480 g/mol. The summed E-state index contributed by atoms with van der Waals surface area (Å²) in [5, 5.41) is 0.589. The Morgan fingerprint density at radius 1 is 1.27 bits per heavy atom. The van der Waals surface area contributed by atoms with Crippen molar-refractivity contribution in [1.29, 1.82) is 0 Å². The highest BCUT2D eigenvalue weighted by Gasteiger charge is 2.38. The standard InChI is InChI=1S/C25H35F2N3O2S/c1-3-5-6-16(4-2)15-32-23(31)9-10-33-25-28-13-22-24(29-25)19(14-30(22)18-7-8-18)17-11-20(26)21(27)12-17/h13-14,16-18,20-21H,3-12,15H2,1-2H3/t16?,20-,21-/m1/s1. The molecule has 182 valence electrons. The zero-order valence-electron chi connectivity index (χ0n) is 19.6. The smallest absolute Gasteiger partial charge is 0.306 e. The van der Waals surface area contributed by atoms with Gasteiger partial charge in [-0.05, 0) is 49.5 Å². The summed E-state index contributed by atoms with van der Waals surface area (Å²) < 4.78 is 35.4. The van der Waals surface area contributed by atoms with Crippen molar-refractivity contribution in [2.24, 2.45) is 5.92 Å². The zero-order valence-corrected chi connectivity index (χ0v) is 20.5. The van der Waals surface area contributed by atoms with Crippen LogP contribution in [0.25, 0.3) is 11.0 Å². The first-order valence-electron chi connectivity index (χ1n) is 12.4. The molecule has 2 saturated carbocycles. The number of carbonyl (C=O) groups is 1. The van der Waals surface area contributed by atoms with Crippen LogP contribution < -0.4 is 0 Å². The van der Waals surface area contributed by atoms with Gasteiger partial charge < -0.3 is 9.30 Å². The van der Waals surface area contributed by atoms with Crippen LogP contribution in [-0.2, 0) is 9.53 Å². The normalized spacial score (nSPS) is 22.2. The van der Waals surface area contributed by atoms with Crippen molar-refractivity contribution >= 4 is 28.8 Å². The fraction of sp³-hybridized carbons (Fsp3) is 0.720. The third-order valence-corrected chi connectivity index (χ3v) is 7.79. The van der Waals surface area contributed by atoms with Crippen LogP contribution >= 0.6 is 11.8 Å². The first kappa shape index (κ1) is 24.4. The lowest BCUT2D eigenvalue weighted by Crippen LogP contribution is -2.14.